The van der Waals surface area contributed by atoms with Gasteiger partial charge < -0.3 is 9.73 Å². The van der Waals surface area contributed by atoms with E-state index >= 15 is 0 Å². The van der Waals surface area contributed by atoms with Crippen molar-refractivity contribution in [3.8, 4) is 0 Å². The Morgan fingerprint density at radius 1 is 1.18 bits per heavy atom. The Balaban J connectivity index is 1.75. The summed E-state index contributed by atoms with van der Waals surface area (Å²) in [5.41, 5.74) is 3.41. The highest BCUT2D eigenvalue weighted by Gasteiger charge is 2.11. The highest BCUT2D eigenvalue weighted by Crippen LogP contribution is 2.23. The lowest BCUT2D eigenvalue weighted by Crippen LogP contribution is -2.14. The smallest absolute Gasteiger partial charge is 0.228 e. The lowest BCUT2D eigenvalue weighted by Gasteiger charge is -2.04. The summed E-state index contributed by atoms with van der Waals surface area (Å²) in [5, 5.41) is 3.70. The lowest BCUT2D eigenvalue weighted by molar-refractivity contribution is -0.115. The van der Waals surface area contributed by atoms with Crippen LogP contribution in [0.3, 0.4) is 0 Å². The van der Waals surface area contributed by atoms with Crippen molar-refractivity contribution in [1.82, 2.24) is 0 Å². The van der Waals surface area contributed by atoms with Crippen LogP contribution in [-0.4, -0.2) is 5.91 Å². The summed E-state index contributed by atoms with van der Waals surface area (Å²) in [7, 11) is 0. The molecule has 2 aromatic carbocycles. The molecule has 1 heterocycles. The van der Waals surface area contributed by atoms with Crippen molar-refractivity contribution in [2.24, 2.45) is 0 Å². The quantitative estimate of drug-likeness (QED) is 0.779. The minimum atomic E-state index is -0.328. The van der Waals surface area contributed by atoms with E-state index in [1.807, 2.05) is 18.2 Å². The first-order chi connectivity index (χ1) is 10.7. The number of aryl methyl sites for hydroxylation is 1. The molecule has 0 saturated carbocycles. The van der Waals surface area contributed by atoms with Gasteiger partial charge in [-0.05, 0) is 42.3 Å². The van der Waals surface area contributed by atoms with Gasteiger partial charge in [0.1, 0.15) is 11.4 Å². The Kier molecular flexibility index (Phi) is 3.92. The number of anilines is 1. The molecule has 4 heteroatoms. The molecule has 0 radical (unpaired) electrons. The molecule has 0 aliphatic carbocycles. The van der Waals surface area contributed by atoms with Gasteiger partial charge in [0, 0.05) is 16.6 Å². The second kappa shape index (κ2) is 6.02. The summed E-state index contributed by atoms with van der Waals surface area (Å²) in [4.78, 5) is 12.1. The second-order valence-electron chi connectivity index (χ2n) is 5.18. The maximum absolute atomic E-state index is 12.8. The topological polar surface area (TPSA) is 42.2 Å². The first kappa shape index (κ1) is 14.3. The fraction of sp³-hybridized carbons (Fsp3) is 0.167. The zero-order valence-electron chi connectivity index (χ0n) is 12.2. The summed E-state index contributed by atoms with van der Waals surface area (Å²) in [5.74, 6) is -0.487. The van der Waals surface area contributed by atoms with E-state index in [1.54, 1.807) is 6.26 Å². The predicted octanol–water partition coefficient (Wildman–Crippen LogP) is 4.32. The lowest BCUT2D eigenvalue weighted by atomic mass is 10.1. The standard InChI is InChI=1S/C18H16FNO2/c1-2-12-3-8-16-13(11-22-17(16)9-12)10-18(21)20-15-6-4-14(19)5-7-15/h3-9,11H,2,10H2,1H3,(H,20,21). The molecule has 1 aromatic heterocycles. The van der Waals surface area contributed by atoms with Crippen LogP contribution in [0.15, 0.2) is 53.1 Å². The molecule has 112 valence electrons. The molecule has 3 nitrogen and oxygen atoms in total. The van der Waals surface area contributed by atoms with Gasteiger partial charge in [-0.15, -0.1) is 0 Å². The Bertz CT molecular complexity index is 806. The SMILES string of the molecule is CCc1ccc2c(CC(=O)Nc3ccc(F)cc3)coc2c1. The van der Waals surface area contributed by atoms with Crippen LogP contribution in [0.1, 0.15) is 18.1 Å². The van der Waals surface area contributed by atoms with E-state index in [1.165, 1.54) is 29.8 Å². The van der Waals surface area contributed by atoms with Crippen molar-refractivity contribution < 1.29 is 13.6 Å². The van der Waals surface area contributed by atoms with Gasteiger partial charge in [-0.3, -0.25) is 4.79 Å². The second-order valence-corrected chi connectivity index (χ2v) is 5.18. The average molecular weight is 297 g/mol. The van der Waals surface area contributed by atoms with E-state index in [-0.39, 0.29) is 18.1 Å². The van der Waals surface area contributed by atoms with Crippen LogP contribution in [0.2, 0.25) is 0 Å². The number of rotatable bonds is 4. The average Bonchev–Trinajstić information content (AvgIpc) is 2.91. The fourth-order valence-electron chi connectivity index (χ4n) is 2.40. The van der Waals surface area contributed by atoms with Crippen LogP contribution >= 0.6 is 0 Å². The number of halogens is 1. The molecule has 22 heavy (non-hydrogen) atoms. The maximum atomic E-state index is 12.8. The molecule has 0 aliphatic rings. The van der Waals surface area contributed by atoms with E-state index in [2.05, 4.69) is 12.2 Å². The molecule has 0 fully saturated rings. The Morgan fingerprint density at radius 3 is 2.68 bits per heavy atom. The van der Waals surface area contributed by atoms with Gasteiger partial charge in [0.15, 0.2) is 0 Å². The van der Waals surface area contributed by atoms with Crippen LogP contribution in [-0.2, 0) is 17.6 Å². The van der Waals surface area contributed by atoms with E-state index in [4.69, 9.17) is 4.42 Å². The molecule has 0 saturated heterocycles. The molecule has 1 N–H and O–H groups in total. The molecule has 1 amide bonds. The fourth-order valence-corrected chi connectivity index (χ4v) is 2.40. The third kappa shape index (κ3) is 3.01. The van der Waals surface area contributed by atoms with Gasteiger partial charge in [0.25, 0.3) is 0 Å². The monoisotopic (exact) mass is 297 g/mol. The number of fused-ring (bicyclic) bond motifs is 1. The molecule has 0 aliphatic heterocycles. The predicted molar refractivity (Wildman–Crippen MR) is 84.3 cm³/mol. The van der Waals surface area contributed by atoms with Crippen LogP contribution in [0.25, 0.3) is 11.0 Å². The van der Waals surface area contributed by atoms with Gasteiger partial charge in [0.05, 0.1) is 12.7 Å². The van der Waals surface area contributed by atoms with Crippen LogP contribution in [0, 0.1) is 5.82 Å². The summed E-state index contributed by atoms with van der Waals surface area (Å²) < 4.78 is 18.4. The number of hydrogen-bond donors (Lipinski definition) is 1. The molecule has 3 rings (SSSR count). The summed E-state index contributed by atoms with van der Waals surface area (Å²) in [6, 6.07) is 11.7. The third-order valence-electron chi connectivity index (χ3n) is 3.61. The number of furan rings is 1. The number of amides is 1. The normalized spacial score (nSPS) is 10.8. The van der Waals surface area contributed by atoms with Gasteiger partial charge in [-0.25, -0.2) is 4.39 Å². The Labute approximate surface area is 127 Å². The highest BCUT2D eigenvalue weighted by atomic mass is 19.1. The van der Waals surface area contributed by atoms with E-state index in [0.717, 1.165) is 23.0 Å². The molecule has 0 unspecified atom stereocenters. The first-order valence-corrected chi connectivity index (χ1v) is 7.20. The maximum Gasteiger partial charge on any atom is 0.228 e. The van der Waals surface area contributed by atoms with Crippen molar-refractivity contribution in [3.63, 3.8) is 0 Å². The Hall–Kier alpha value is -2.62. The molecule has 3 aromatic rings. The minimum Gasteiger partial charge on any atom is -0.464 e. The summed E-state index contributed by atoms with van der Waals surface area (Å²) >= 11 is 0. The van der Waals surface area contributed by atoms with Crippen molar-refractivity contribution in [1.29, 1.82) is 0 Å². The third-order valence-corrected chi connectivity index (χ3v) is 3.61. The first-order valence-electron chi connectivity index (χ1n) is 7.20. The number of carbonyl (C=O) groups is 1. The largest absolute Gasteiger partial charge is 0.464 e. The number of benzene rings is 2. The van der Waals surface area contributed by atoms with Crippen molar-refractivity contribution >= 4 is 22.6 Å². The van der Waals surface area contributed by atoms with Crippen LogP contribution in [0.4, 0.5) is 10.1 Å². The zero-order chi connectivity index (χ0) is 15.5. The van der Waals surface area contributed by atoms with Crippen LogP contribution < -0.4 is 5.32 Å². The number of carbonyl (C=O) groups excluding carboxylic acids is 1. The van der Waals surface area contributed by atoms with Gasteiger partial charge >= 0.3 is 0 Å². The molecule has 0 spiro atoms. The number of nitrogens with one attached hydrogen (secondary N) is 1. The van der Waals surface area contributed by atoms with Crippen molar-refractivity contribution in [2.75, 3.05) is 5.32 Å². The van der Waals surface area contributed by atoms with Crippen molar-refractivity contribution in [3.05, 3.63) is 65.7 Å². The van der Waals surface area contributed by atoms with E-state index in [0.29, 0.717) is 5.69 Å². The zero-order valence-corrected chi connectivity index (χ0v) is 12.2. The highest BCUT2D eigenvalue weighted by molar-refractivity contribution is 5.95. The summed E-state index contributed by atoms with van der Waals surface area (Å²) in [6.07, 6.45) is 2.78. The van der Waals surface area contributed by atoms with Gasteiger partial charge in [0.2, 0.25) is 5.91 Å². The molecule has 0 bridgehead atoms. The molecular formula is C18H16FNO2. The van der Waals surface area contributed by atoms with Crippen molar-refractivity contribution in [2.45, 2.75) is 19.8 Å². The van der Waals surface area contributed by atoms with Crippen LogP contribution in [0.5, 0.6) is 0 Å². The van der Waals surface area contributed by atoms with E-state index in [9.17, 15) is 9.18 Å². The number of hydrogen-bond acceptors (Lipinski definition) is 2. The van der Waals surface area contributed by atoms with E-state index < -0.39 is 0 Å². The molecule has 0 atom stereocenters. The molecular weight excluding hydrogens is 281 g/mol. The Morgan fingerprint density at radius 2 is 1.95 bits per heavy atom. The minimum absolute atomic E-state index is 0.158. The summed E-state index contributed by atoms with van der Waals surface area (Å²) in [6.45, 7) is 2.08. The van der Waals surface area contributed by atoms with Gasteiger partial charge in [-0.2, -0.15) is 0 Å². The van der Waals surface area contributed by atoms with Gasteiger partial charge in [-0.1, -0.05) is 19.1 Å².